The standard InChI is InChI=1S/C46H78O6/c1-4-7-10-13-16-19-21-22-23-25-27-30-33-36-39-45(48)51-42-43(41-50-44(47)38-35-32-29-26-18-15-12-9-6-3)52-46(49)40-37-34-31-28-24-20-17-14-11-8-5-2/h9,12,14,17-18,20,24,26,32,35,43H,4-8,10-11,13,15-16,19,21-23,25,27-31,33-34,36-42H2,1-3H3/b12-9-,17-14-,24-20-,26-18-,35-32-. The molecule has 0 rings (SSSR count). The molecular weight excluding hydrogens is 649 g/mol. The molecule has 0 aromatic carbocycles. The molecule has 0 amide bonds. The minimum Gasteiger partial charge on any atom is -0.462 e. The summed E-state index contributed by atoms with van der Waals surface area (Å²) >= 11 is 0. The summed E-state index contributed by atoms with van der Waals surface area (Å²) in [5, 5.41) is 0. The Morgan fingerprint density at radius 2 is 0.885 bits per heavy atom. The maximum atomic E-state index is 12.6. The van der Waals surface area contributed by atoms with E-state index in [-0.39, 0.29) is 38.0 Å². The first-order valence-electron chi connectivity index (χ1n) is 21.3. The second-order valence-corrected chi connectivity index (χ2v) is 13.9. The van der Waals surface area contributed by atoms with Crippen molar-refractivity contribution >= 4 is 17.9 Å². The van der Waals surface area contributed by atoms with Gasteiger partial charge < -0.3 is 14.2 Å². The van der Waals surface area contributed by atoms with E-state index in [0.717, 1.165) is 70.6 Å². The molecule has 0 N–H and O–H groups in total. The Morgan fingerprint density at radius 3 is 1.44 bits per heavy atom. The third kappa shape index (κ3) is 38.3. The Labute approximate surface area is 320 Å². The molecule has 0 heterocycles. The van der Waals surface area contributed by atoms with Crippen LogP contribution < -0.4 is 0 Å². The summed E-state index contributed by atoms with van der Waals surface area (Å²) in [6.07, 6.45) is 48.1. The van der Waals surface area contributed by atoms with Gasteiger partial charge in [-0.1, -0.05) is 184 Å². The number of hydrogen-bond acceptors (Lipinski definition) is 6. The summed E-state index contributed by atoms with van der Waals surface area (Å²) in [7, 11) is 0. The van der Waals surface area contributed by atoms with E-state index < -0.39 is 12.1 Å². The molecular formula is C46H78O6. The minimum absolute atomic E-state index is 0.111. The molecule has 0 fully saturated rings. The highest BCUT2D eigenvalue weighted by atomic mass is 16.6. The average Bonchev–Trinajstić information content (AvgIpc) is 3.14. The summed E-state index contributed by atoms with van der Waals surface area (Å²) in [5.74, 6) is -1.08. The summed E-state index contributed by atoms with van der Waals surface area (Å²) in [6.45, 7) is 6.32. The van der Waals surface area contributed by atoms with Gasteiger partial charge in [-0.2, -0.15) is 0 Å². The number of rotatable bonds is 37. The molecule has 6 heteroatoms. The van der Waals surface area contributed by atoms with Crippen LogP contribution in [0.3, 0.4) is 0 Å². The van der Waals surface area contributed by atoms with Crippen molar-refractivity contribution in [1.82, 2.24) is 0 Å². The third-order valence-electron chi connectivity index (χ3n) is 8.82. The van der Waals surface area contributed by atoms with E-state index in [0.29, 0.717) is 6.42 Å². The molecule has 1 atom stereocenters. The lowest BCUT2D eigenvalue weighted by Gasteiger charge is -2.18. The van der Waals surface area contributed by atoms with Crippen molar-refractivity contribution in [1.29, 1.82) is 0 Å². The normalized spacial score (nSPS) is 12.6. The van der Waals surface area contributed by atoms with E-state index in [4.69, 9.17) is 14.2 Å². The van der Waals surface area contributed by atoms with Crippen molar-refractivity contribution in [2.45, 2.75) is 200 Å². The van der Waals surface area contributed by atoms with E-state index >= 15 is 0 Å². The summed E-state index contributed by atoms with van der Waals surface area (Å²) in [5.41, 5.74) is 0. The SMILES string of the molecule is CC/C=C\C/C=C\C/C=C\CC(=O)OCC(COC(=O)CCCCCCCCCCCCCCCC)OC(=O)CCCCC/C=C\C=C/CCCC. The quantitative estimate of drug-likeness (QED) is 0.0208. The predicted octanol–water partition coefficient (Wildman–Crippen LogP) is 13.4. The van der Waals surface area contributed by atoms with Crippen molar-refractivity contribution in [3.8, 4) is 0 Å². The van der Waals surface area contributed by atoms with Gasteiger partial charge in [0.05, 0.1) is 6.42 Å². The highest BCUT2D eigenvalue weighted by Gasteiger charge is 2.19. The second kappa shape index (κ2) is 40.9. The molecule has 0 aliphatic rings. The number of unbranched alkanes of at least 4 members (excludes halogenated alkanes) is 18. The van der Waals surface area contributed by atoms with Gasteiger partial charge in [0.1, 0.15) is 13.2 Å². The second-order valence-electron chi connectivity index (χ2n) is 13.9. The zero-order valence-corrected chi connectivity index (χ0v) is 33.8. The van der Waals surface area contributed by atoms with E-state index in [9.17, 15) is 14.4 Å². The van der Waals surface area contributed by atoms with E-state index in [1.165, 1.54) is 83.5 Å². The molecule has 298 valence electrons. The van der Waals surface area contributed by atoms with Crippen LogP contribution in [0.25, 0.3) is 0 Å². The van der Waals surface area contributed by atoms with Crippen molar-refractivity contribution in [2.24, 2.45) is 0 Å². The number of carbonyl (C=O) groups excluding carboxylic acids is 3. The van der Waals surface area contributed by atoms with Crippen molar-refractivity contribution in [3.05, 3.63) is 60.8 Å². The van der Waals surface area contributed by atoms with Crippen LogP contribution >= 0.6 is 0 Å². The molecule has 0 saturated heterocycles. The number of esters is 3. The van der Waals surface area contributed by atoms with Gasteiger partial charge in [-0.3, -0.25) is 14.4 Å². The molecule has 0 radical (unpaired) electrons. The van der Waals surface area contributed by atoms with Gasteiger partial charge >= 0.3 is 17.9 Å². The Hall–Kier alpha value is -2.89. The molecule has 0 bridgehead atoms. The van der Waals surface area contributed by atoms with Crippen LogP contribution in [0.1, 0.15) is 194 Å². The fraction of sp³-hybridized carbons (Fsp3) is 0.717. The number of ether oxygens (including phenoxy) is 3. The minimum atomic E-state index is -0.817. The molecule has 0 saturated carbocycles. The van der Waals surface area contributed by atoms with E-state index in [1.807, 2.05) is 6.08 Å². The fourth-order valence-electron chi connectivity index (χ4n) is 5.60. The van der Waals surface area contributed by atoms with E-state index in [2.05, 4.69) is 69.4 Å². The number of carbonyl (C=O) groups is 3. The van der Waals surface area contributed by atoms with Gasteiger partial charge in [0.15, 0.2) is 6.10 Å². The fourth-order valence-corrected chi connectivity index (χ4v) is 5.60. The van der Waals surface area contributed by atoms with Crippen LogP contribution in [-0.2, 0) is 28.6 Å². The van der Waals surface area contributed by atoms with Crippen LogP contribution in [-0.4, -0.2) is 37.2 Å². The number of allylic oxidation sites excluding steroid dienone is 9. The topological polar surface area (TPSA) is 78.9 Å². The van der Waals surface area contributed by atoms with Crippen molar-refractivity contribution in [3.63, 3.8) is 0 Å². The predicted molar refractivity (Wildman–Crippen MR) is 219 cm³/mol. The molecule has 0 aromatic heterocycles. The largest absolute Gasteiger partial charge is 0.462 e. The smallest absolute Gasteiger partial charge is 0.309 e. The molecule has 6 nitrogen and oxygen atoms in total. The maximum Gasteiger partial charge on any atom is 0.309 e. The lowest BCUT2D eigenvalue weighted by Crippen LogP contribution is -2.30. The number of hydrogen-bond donors (Lipinski definition) is 0. The summed E-state index contributed by atoms with van der Waals surface area (Å²) in [4.78, 5) is 37.5. The first-order chi connectivity index (χ1) is 25.5. The Kier molecular flexibility index (Phi) is 38.6. The molecule has 0 aromatic rings. The van der Waals surface area contributed by atoms with Gasteiger partial charge in [0.25, 0.3) is 0 Å². The Bertz CT molecular complexity index is 975. The van der Waals surface area contributed by atoms with Crippen LogP contribution in [0.4, 0.5) is 0 Å². The lowest BCUT2D eigenvalue weighted by atomic mass is 10.0. The highest BCUT2D eigenvalue weighted by Crippen LogP contribution is 2.14. The third-order valence-corrected chi connectivity index (χ3v) is 8.82. The highest BCUT2D eigenvalue weighted by molar-refractivity contribution is 5.72. The van der Waals surface area contributed by atoms with Gasteiger partial charge in [-0.25, -0.2) is 0 Å². The summed E-state index contributed by atoms with van der Waals surface area (Å²) < 4.78 is 16.5. The van der Waals surface area contributed by atoms with Gasteiger partial charge in [-0.15, -0.1) is 0 Å². The lowest BCUT2D eigenvalue weighted by molar-refractivity contribution is -0.166. The van der Waals surface area contributed by atoms with Crippen molar-refractivity contribution in [2.75, 3.05) is 13.2 Å². The first-order valence-corrected chi connectivity index (χ1v) is 21.3. The molecule has 0 spiro atoms. The Balaban J connectivity index is 4.45. The van der Waals surface area contributed by atoms with Gasteiger partial charge in [-0.05, 0) is 51.4 Å². The van der Waals surface area contributed by atoms with Crippen LogP contribution in [0.2, 0.25) is 0 Å². The first kappa shape index (κ1) is 49.1. The molecule has 0 aliphatic heterocycles. The van der Waals surface area contributed by atoms with Gasteiger partial charge in [0.2, 0.25) is 0 Å². The maximum absolute atomic E-state index is 12.6. The van der Waals surface area contributed by atoms with Crippen LogP contribution in [0.15, 0.2) is 60.8 Å². The van der Waals surface area contributed by atoms with E-state index in [1.54, 1.807) is 6.08 Å². The van der Waals surface area contributed by atoms with Gasteiger partial charge in [0, 0.05) is 12.8 Å². The Morgan fingerprint density at radius 1 is 0.442 bits per heavy atom. The van der Waals surface area contributed by atoms with Crippen LogP contribution in [0, 0.1) is 0 Å². The zero-order chi connectivity index (χ0) is 38.0. The van der Waals surface area contributed by atoms with Crippen LogP contribution in [0.5, 0.6) is 0 Å². The zero-order valence-electron chi connectivity index (χ0n) is 33.8. The monoisotopic (exact) mass is 727 g/mol. The molecule has 52 heavy (non-hydrogen) atoms. The van der Waals surface area contributed by atoms with Crippen molar-refractivity contribution < 1.29 is 28.6 Å². The molecule has 1 unspecified atom stereocenters. The summed E-state index contributed by atoms with van der Waals surface area (Å²) in [6, 6.07) is 0. The molecule has 0 aliphatic carbocycles. The average molecular weight is 727 g/mol.